The van der Waals surface area contributed by atoms with Crippen LogP contribution in [0.5, 0.6) is 0 Å². The maximum Gasteiger partial charge on any atom is 0.174 e. The molecule has 0 radical (unpaired) electrons. The van der Waals surface area contributed by atoms with E-state index in [0.29, 0.717) is 5.11 Å². The van der Waals surface area contributed by atoms with Crippen LogP contribution in [0.15, 0.2) is 54.7 Å². The number of pyridine rings is 1. The lowest BCUT2D eigenvalue weighted by Crippen LogP contribution is -2.29. The van der Waals surface area contributed by atoms with Gasteiger partial charge in [-0.05, 0) is 73.6 Å². The summed E-state index contributed by atoms with van der Waals surface area (Å²) in [6.45, 7) is 4.24. The number of nitrogens with one attached hydrogen (secondary N) is 1. The zero-order chi connectivity index (χ0) is 18.3. The van der Waals surface area contributed by atoms with Crippen LogP contribution in [0.2, 0.25) is 4.34 Å². The highest BCUT2D eigenvalue weighted by molar-refractivity contribution is 7.80. The van der Waals surface area contributed by atoms with Crippen molar-refractivity contribution in [1.82, 2.24) is 10.3 Å². The molecule has 2 unspecified atom stereocenters. The van der Waals surface area contributed by atoms with Gasteiger partial charge in [-0.1, -0.05) is 23.7 Å². The highest BCUT2D eigenvalue weighted by Gasteiger charge is 2.41. The van der Waals surface area contributed by atoms with Gasteiger partial charge >= 0.3 is 0 Å². The summed E-state index contributed by atoms with van der Waals surface area (Å²) in [6.07, 6.45) is 1.82. The zero-order valence-electron chi connectivity index (χ0n) is 14.4. The molecule has 0 aliphatic carbocycles. The van der Waals surface area contributed by atoms with Gasteiger partial charge in [0, 0.05) is 16.8 Å². The smallest absolute Gasteiger partial charge is 0.174 e. The van der Waals surface area contributed by atoms with E-state index in [1.807, 2.05) is 30.5 Å². The molecule has 1 N–H and O–H groups in total. The molecule has 1 aliphatic heterocycles. The second kappa shape index (κ2) is 6.99. The first-order chi connectivity index (χ1) is 12.5. The Morgan fingerprint density at radius 1 is 1.12 bits per heavy atom. The first kappa shape index (κ1) is 17.5. The Kier molecular flexibility index (Phi) is 4.69. The van der Waals surface area contributed by atoms with E-state index >= 15 is 0 Å². The van der Waals surface area contributed by atoms with E-state index in [1.54, 1.807) is 11.3 Å². The fourth-order valence-corrected chi connectivity index (χ4v) is 4.82. The van der Waals surface area contributed by atoms with Gasteiger partial charge in [0.2, 0.25) is 0 Å². The number of benzene rings is 1. The van der Waals surface area contributed by atoms with Gasteiger partial charge in [0.25, 0.3) is 0 Å². The molecule has 0 spiro atoms. The number of nitrogens with zero attached hydrogens (tertiary/aromatic N) is 2. The van der Waals surface area contributed by atoms with Crippen LogP contribution in [0, 0.1) is 13.8 Å². The summed E-state index contributed by atoms with van der Waals surface area (Å²) in [5, 5.41) is 4.18. The molecule has 3 aromatic rings. The van der Waals surface area contributed by atoms with Crippen LogP contribution < -0.4 is 10.2 Å². The first-order valence-corrected chi connectivity index (χ1v) is 9.98. The third kappa shape index (κ3) is 3.11. The summed E-state index contributed by atoms with van der Waals surface area (Å²) >= 11 is 13.5. The van der Waals surface area contributed by atoms with Gasteiger partial charge in [-0.15, -0.1) is 11.3 Å². The monoisotopic (exact) mass is 399 g/mol. The van der Waals surface area contributed by atoms with Crippen LogP contribution in [-0.4, -0.2) is 10.1 Å². The third-order valence-electron chi connectivity index (χ3n) is 4.75. The molecular formula is C20H18ClN3S2. The molecule has 0 saturated carbocycles. The first-order valence-electron chi connectivity index (χ1n) is 8.38. The Labute approximate surface area is 167 Å². The molecule has 4 rings (SSSR count). The van der Waals surface area contributed by atoms with Crippen molar-refractivity contribution in [3.05, 3.63) is 80.8 Å². The van der Waals surface area contributed by atoms with Gasteiger partial charge < -0.3 is 10.2 Å². The Morgan fingerprint density at radius 2 is 1.96 bits per heavy atom. The second-order valence-corrected chi connectivity index (χ2v) is 8.54. The molecule has 132 valence electrons. The second-order valence-electron chi connectivity index (χ2n) is 6.41. The summed E-state index contributed by atoms with van der Waals surface area (Å²) in [5.41, 5.74) is 4.56. The summed E-state index contributed by atoms with van der Waals surface area (Å²) in [4.78, 5) is 7.91. The number of hydrogen-bond acceptors (Lipinski definition) is 3. The van der Waals surface area contributed by atoms with Gasteiger partial charge in [0.1, 0.15) is 0 Å². The van der Waals surface area contributed by atoms with Gasteiger partial charge in [-0.3, -0.25) is 4.98 Å². The quantitative estimate of drug-likeness (QED) is 0.581. The Bertz CT molecular complexity index is 955. The van der Waals surface area contributed by atoms with Crippen molar-refractivity contribution in [3.63, 3.8) is 0 Å². The van der Waals surface area contributed by atoms with E-state index in [-0.39, 0.29) is 12.1 Å². The van der Waals surface area contributed by atoms with Crippen molar-refractivity contribution in [3.8, 4) is 0 Å². The van der Waals surface area contributed by atoms with Crippen molar-refractivity contribution in [2.24, 2.45) is 0 Å². The number of anilines is 1. The molecule has 26 heavy (non-hydrogen) atoms. The average molecular weight is 400 g/mol. The van der Waals surface area contributed by atoms with Crippen LogP contribution in [-0.2, 0) is 0 Å². The summed E-state index contributed by atoms with van der Waals surface area (Å²) in [6, 6.07) is 16.4. The number of thiocarbonyl (C=S) groups is 1. The van der Waals surface area contributed by atoms with Crippen LogP contribution in [0.3, 0.4) is 0 Å². The van der Waals surface area contributed by atoms with E-state index in [9.17, 15) is 0 Å². The van der Waals surface area contributed by atoms with Gasteiger partial charge in [0.05, 0.1) is 22.1 Å². The summed E-state index contributed by atoms with van der Waals surface area (Å²) in [5.74, 6) is 0. The van der Waals surface area contributed by atoms with Crippen LogP contribution in [0.1, 0.15) is 33.8 Å². The minimum absolute atomic E-state index is 0.0111. The molecule has 2 atom stereocenters. The fourth-order valence-electron chi connectivity index (χ4n) is 3.28. The van der Waals surface area contributed by atoms with Gasteiger partial charge in [0.15, 0.2) is 5.11 Å². The predicted octanol–water partition coefficient (Wildman–Crippen LogP) is 5.59. The highest BCUT2D eigenvalue weighted by atomic mass is 35.5. The van der Waals surface area contributed by atoms with Crippen molar-refractivity contribution in [2.75, 3.05) is 4.90 Å². The molecule has 1 saturated heterocycles. The molecule has 1 fully saturated rings. The van der Waals surface area contributed by atoms with E-state index in [0.717, 1.165) is 20.6 Å². The molecule has 0 bridgehead atoms. The number of rotatable bonds is 3. The summed E-state index contributed by atoms with van der Waals surface area (Å²) in [7, 11) is 0. The van der Waals surface area contributed by atoms with E-state index < -0.39 is 0 Å². The van der Waals surface area contributed by atoms with E-state index in [4.69, 9.17) is 23.8 Å². The fraction of sp³-hybridized carbons (Fsp3) is 0.200. The molecule has 6 heteroatoms. The summed E-state index contributed by atoms with van der Waals surface area (Å²) < 4.78 is 0.776. The Hall–Kier alpha value is -1.95. The number of aromatic nitrogens is 1. The van der Waals surface area contributed by atoms with E-state index in [1.165, 1.54) is 11.1 Å². The maximum atomic E-state index is 6.24. The lowest BCUT2D eigenvalue weighted by molar-refractivity contribution is 0.575. The predicted molar refractivity (Wildman–Crippen MR) is 113 cm³/mol. The average Bonchev–Trinajstić information content (AvgIpc) is 3.21. The van der Waals surface area contributed by atoms with Gasteiger partial charge in [-0.25, -0.2) is 0 Å². The lowest BCUT2D eigenvalue weighted by atomic mass is 10.0. The molecule has 3 heterocycles. The molecule has 0 amide bonds. The SMILES string of the molecule is Cc1ccc(N2C(=S)NC(c3ccccn3)C2c2ccc(Cl)s2)cc1C. The Morgan fingerprint density at radius 3 is 2.62 bits per heavy atom. The van der Waals surface area contributed by atoms with Crippen LogP contribution in [0.4, 0.5) is 5.69 Å². The van der Waals surface area contributed by atoms with Crippen molar-refractivity contribution >= 4 is 46.0 Å². The molecule has 3 nitrogen and oxygen atoms in total. The lowest BCUT2D eigenvalue weighted by Gasteiger charge is -2.27. The van der Waals surface area contributed by atoms with Crippen LogP contribution >= 0.6 is 35.2 Å². The normalized spacial score (nSPS) is 19.7. The topological polar surface area (TPSA) is 28.2 Å². The molecule has 1 aromatic carbocycles. The molecule has 2 aromatic heterocycles. The highest BCUT2D eigenvalue weighted by Crippen LogP contribution is 2.44. The number of aryl methyl sites for hydroxylation is 2. The van der Waals surface area contributed by atoms with Crippen molar-refractivity contribution < 1.29 is 0 Å². The largest absolute Gasteiger partial charge is 0.351 e. The number of halogens is 1. The number of thiophene rings is 1. The van der Waals surface area contributed by atoms with Crippen molar-refractivity contribution in [1.29, 1.82) is 0 Å². The minimum atomic E-state index is -0.0278. The molecular weight excluding hydrogens is 382 g/mol. The number of hydrogen-bond donors (Lipinski definition) is 1. The van der Waals surface area contributed by atoms with Crippen LogP contribution in [0.25, 0.3) is 0 Å². The van der Waals surface area contributed by atoms with Crippen molar-refractivity contribution in [2.45, 2.75) is 25.9 Å². The third-order valence-corrected chi connectivity index (χ3v) is 6.37. The Balaban J connectivity index is 1.83. The van der Waals surface area contributed by atoms with E-state index in [2.05, 4.69) is 53.3 Å². The minimum Gasteiger partial charge on any atom is -0.351 e. The van der Waals surface area contributed by atoms with Gasteiger partial charge in [-0.2, -0.15) is 0 Å². The zero-order valence-corrected chi connectivity index (χ0v) is 16.8. The standard InChI is InChI=1S/C20H18ClN3S2/c1-12-6-7-14(11-13(12)2)24-19(16-8-9-17(21)26-16)18(23-20(24)25)15-5-3-4-10-22-15/h3-11,18-19H,1-2H3,(H,23,25). The molecule has 1 aliphatic rings. The maximum absolute atomic E-state index is 6.24.